The Kier molecular flexibility index (Phi) is 12.4. The molecule has 2 atom stereocenters. The predicted octanol–water partition coefficient (Wildman–Crippen LogP) is 9.88. The average Bonchev–Trinajstić information content (AvgIpc) is 3.54. The van der Waals surface area contributed by atoms with Crippen LogP contribution in [0.4, 0.5) is 10.7 Å². The lowest BCUT2D eigenvalue weighted by atomic mass is 9.72. The molecule has 1 aliphatic carbocycles. The second-order valence-electron chi connectivity index (χ2n) is 14.6. The van der Waals surface area contributed by atoms with Gasteiger partial charge in [-0.3, -0.25) is 14.4 Å². The highest BCUT2D eigenvalue weighted by atomic mass is 32.2. The molecule has 0 bridgehead atoms. The van der Waals surface area contributed by atoms with Gasteiger partial charge in [0, 0.05) is 21.0 Å². The molecule has 0 saturated carbocycles. The fourth-order valence-electron chi connectivity index (χ4n) is 6.64. The van der Waals surface area contributed by atoms with Crippen molar-refractivity contribution in [3.63, 3.8) is 0 Å². The lowest BCUT2D eigenvalue weighted by molar-refractivity contribution is -0.116. The Balaban J connectivity index is 1.26. The number of hydrogen-bond donors (Lipinski definition) is 3. The Morgan fingerprint density at radius 1 is 0.873 bits per heavy atom. The number of thioether (sulfide) groups is 1. The van der Waals surface area contributed by atoms with E-state index in [0.29, 0.717) is 27.7 Å². The zero-order valence-electron chi connectivity index (χ0n) is 31.6. The second kappa shape index (κ2) is 17.3. The van der Waals surface area contributed by atoms with Crippen molar-refractivity contribution in [2.75, 3.05) is 17.7 Å². The van der Waals surface area contributed by atoms with E-state index in [9.17, 15) is 19.2 Å². The van der Waals surface area contributed by atoms with Crippen molar-refractivity contribution < 1.29 is 23.9 Å². The minimum atomic E-state index is -0.694. The second-order valence-corrected chi connectivity index (χ2v) is 16.9. The smallest absolute Gasteiger partial charge is 0.341 e. The molecule has 2 unspecified atom stereocenters. The van der Waals surface area contributed by atoms with E-state index in [-0.39, 0.29) is 17.0 Å². The molecule has 55 heavy (non-hydrogen) atoms. The van der Waals surface area contributed by atoms with Crippen LogP contribution in [0.1, 0.15) is 80.3 Å². The number of hydrogen-bond acceptors (Lipinski definition) is 7. The zero-order valence-corrected chi connectivity index (χ0v) is 33.2. The molecule has 1 aromatic heterocycles. The maximum absolute atomic E-state index is 14.3. The first kappa shape index (κ1) is 39.2. The number of ether oxygens (including phenoxy) is 1. The number of benzene rings is 4. The summed E-state index contributed by atoms with van der Waals surface area (Å²) in [6, 6.07) is 33.0. The van der Waals surface area contributed by atoms with Crippen LogP contribution in [-0.2, 0) is 27.2 Å². The number of amides is 3. The Morgan fingerprint density at radius 3 is 2.25 bits per heavy atom. The van der Waals surface area contributed by atoms with E-state index in [1.807, 2.05) is 73.7 Å². The van der Waals surface area contributed by atoms with Crippen molar-refractivity contribution in [1.29, 1.82) is 0 Å². The van der Waals surface area contributed by atoms with Crippen molar-refractivity contribution in [1.82, 2.24) is 5.32 Å². The molecule has 1 heterocycles. The third kappa shape index (κ3) is 9.62. The first-order valence-electron chi connectivity index (χ1n) is 18.2. The van der Waals surface area contributed by atoms with E-state index < -0.39 is 23.0 Å². The monoisotopic (exact) mass is 771 g/mol. The number of methoxy groups -OCH3 is 1. The van der Waals surface area contributed by atoms with Gasteiger partial charge in [-0.1, -0.05) is 99.6 Å². The molecule has 6 rings (SSSR count). The van der Waals surface area contributed by atoms with Crippen molar-refractivity contribution >= 4 is 63.6 Å². The maximum Gasteiger partial charge on any atom is 0.341 e. The molecular formula is C45H45N3O5S2. The van der Waals surface area contributed by atoms with Gasteiger partial charge in [0.2, 0.25) is 5.91 Å². The molecule has 5 aromatic rings. The fourth-order valence-corrected chi connectivity index (χ4v) is 9.04. The molecule has 0 radical (unpaired) electrons. The summed E-state index contributed by atoms with van der Waals surface area (Å²) in [7, 11) is 1.37. The van der Waals surface area contributed by atoms with Crippen molar-refractivity contribution in [2.45, 2.75) is 57.1 Å². The standard InChI is InChI=1S/C45H45N3O5S2/c1-28-15-12-13-20-31(28)25-36(47-40(49)30-18-10-7-11-19-30)41(50)46-33-21-14-22-34(27-33)54-39(29-16-8-6-9-17-29)42(51)48-43-38(44(52)53-5)35-24-23-32(45(2,3)4)26-37(35)55-43/h6-22,25,27,32,39H,23-24,26H2,1-5H3,(H,46,50)(H,47,49)(H,48,51)/b36-25-. The maximum atomic E-state index is 14.3. The van der Waals surface area contributed by atoms with Gasteiger partial charge in [-0.2, -0.15) is 0 Å². The van der Waals surface area contributed by atoms with Gasteiger partial charge < -0.3 is 20.7 Å². The van der Waals surface area contributed by atoms with Crippen LogP contribution in [0.2, 0.25) is 0 Å². The van der Waals surface area contributed by atoms with Crippen LogP contribution < -0.4 is 16.0 Å². The highest BCUT2D eigenvalue weighted by molar-refractivity contribution is 8.00. The van der Waals surface area contributed by atoms with Crippen LogP contribution in [0.25, 0.3) is 6.08 Å². The topological polar surface area (TPSA) is 114 Å². The normalized spacial score (nSPS) is 14.6. The Hall–Kier alpha value is -5.45. The summed E-state index contributed by atoms with van der Waals surface area (Å²) in [5.74, 6) is -1.19. The number of anilines is 2. The third-order valence-corrected chi connectivity index (χ3v) is 12.2. The molecule has 3 amide bonds. The third-order valence-electron chi connectivity index (χ3n) is 9.82. The summed E-state index contributed by atoms with van der Waals surface area (Å²) < 4.78 is 5.21. The molecule has 282 valence electrons. The van der Waals surface area contributed by atoms with Crippen LogP contribution in [0, 0.1) is 18.3 Å². The van der Waals surface area contributed by atoms with E-state index in [4.69, 9.17) is 4.74 Å². The van der Waals surface area contributed by atoms with Crippen LogP contribution in [0.3, 0.4) is 0 Å². The lowest BCUT2D eigenvalue weighted by Gasteiger charge is -2.33. The Labute approximate surface area is 330 Å². The fraction of sp³-hybridized carbons (Fsp3) is 0.244. The summed E-state index contributed by atoms with van der Waals surface area (Å²) in [4.78, 5) is 56.3. The van der Waals surface area contributed by atoms with Gasteiger partial charge in [0.15, 0.2) is 0 Å². The van der Waals surface area contributed by atoms with Crippen molar-refractivity contribution in [3.8, 4) is 0 Å². The minimum absolute atomic E-state index is 0.0802. The van der Waals surface area contributed by atoms with Crippen molar-refractivity contribution in [2.24, 2.45) is 11.3 Å². The van der Waals surface area contributed by atoms with E-state index in [1.165, 1.54) is 30.2 Å². The van der Waals surface area contributed by atoms with E-state index in [2.05, 4.69) is 36.7 Å². The molecule has 1 aliphatic rings. The quantitative estimate of drug-likeness (QED) is 0.0700. The first-order chi connectivity index (χ1) is 26.4. The van der Waals surface area contributed by atoms with Gasteiger partial charge in [0.1, 0.15) is 15.9 Å². The van der Waals surface area contributed by atoms with Gasteiger partial charge in [0.25, 0.3) is 11.8 Å². The van der Waals surface area contributed by atoms with Crippen LogP contribution in [0.5, 0.6) is 0 Å². The Morgan fingerprint density at radius 2 is 1.56 bits per heavy atom. The number of aryl methyl sites for hydroxylation is 1. The number of carbonyl (C=O) groups is 4. The summed E-state index contributed by atoms with van der Waals surface area (Å²) in [5.41, 5.74) is 5.03. The summed E-state index contributed by atoms with van der Waals surface area (Å²) in [6.45, 7) is 8.67. The molecule has 0 saturated heterocycles. The van der Waals surface area contributed by atoms with E-state index >= 15 is 0 Å². The zero-order chi connectivity index (χ0) is 39.1. The number of carbonyl (C=O) groups excluding carboxylic acids is 4. The predicted molar refractivity (Wildman–Crippen MR) is 222 cm³/mol. The SMILES string of the molecule is COC(=O)c1c(NC(=O)C(Sc2cccc(NC(=O)/C(=C/c3ccccc3C)NC(=O)c3ccccc3)c2)c2ccccc2)sc2c1CCC(C(C)(C)C)C2. The summed E-state index contributed by atoms with van der Waals surface area (Å²) in [6.07, 6.45) is 4.22. The highest BCUT2D eigenvalue weighted by Crippen LogP contribution is 2.45. The van der Waals surface area contributed by atoms with E-state index in [0.717, 1.165) is 51.3 Å². The number of rotatable bonds is 11. The van der Waals surface area contributed by atoms with Gasteiger partial charge >= 0.3 is 5.97 Å². The highest BCUT2D eigenvalue weighted by Gasteiger charge is 2.35. The summed E-state index contributed by atoms with van der Waals surface area (Å²) >= 11 is 2.79. The molecule has 0 spiro atoms. The molecule has 10 heteroatoms. The van der Waals surface area contributed by atoms with E-state index in [1.54, 1.807) is 48.5 Å². The molecule has 8 nitrogen and oxygen atoms in total. The van der Waals surface area contributed by atoms with Gasteiger partial charge in [-0.25, -0.2) is 4.79 Å². The lowest BCUT2D eigenvalue weighted by Crippen LogP contribution is -2.30. The number of fused-ring (bicyclic) bond motifs is 1. The van der Waals surface area contributed by atoms with Gasteiger partial charge in [-0.05, 0) is 96.2 Å². The molecule has 3 N–H and O–H groups in total. The Bertz CT molecular complexity index is 2220. The molecule has 0 aliphatic heterocycles. The molecule has 4 aromatic carbocycles. The number of thiophene rings is 1. The van der Waals surface area contributed by atoms with Crippen LogP contribution >= 0.6 is 23.1 Å². The van der Waals surface area contributed by atoms with Crippen LogP contribution in [-0.4, -0.2) is 30.8 Å². The van der Waals surface area contributed by atoms with Crippen LogP contribution in [0.15, 0.2) is 120 Å². The first-order valence-corrected chi connectivity index (χ1v) is 19.9. The largest absolute Gasteiger partial charge is 0.465 e. The van der Waals surface area contributed by atoms with Gasteiger partial charge in [-0.15, -0.1) is 23.1 Å². The minimum Gasteiger partial charge on any atom is -0.465 e. The average molecular weight is 772 g/mol. The number of nitrogens with one attached hydrogen (secondary N) is 3. The van der Waals surface area contributed by atoms with Crippen molar-refractivity contribution in [3.05, 3.63) is 153 Å². The molecule has 0 fully saturated rings. The molecular weight excluding hydrogens is 727 g/mol. The summed E-state index contributed by atoms with van der Waals surface area (Å²) in [5, 5.41) is 8.67. The number of esters is 1. The van der Waals surface area contributed by atoms with Gasteiger partial charge in [0.05, 0.1) is 12.7 Å².